The molecule has 34 heavy (non-hydrogen) atoms. The highest BCUT2D eigenvalue weighted by atomic mass is 16.6. The molecule has 0 bridgehead atoms. The SMILES string of the molecule is CC1OCCO[C@@]12CC[C@H]1[C@@H]3CC[C@H]4C(C(=O)c5ccccc5)C(=O)CC[C@]4(C)[C@H]3CC[C@@]12C. The van der Waals surface area contributed by atoms with Crippen LogP contribution in [0.1, 0.15) is 82.5 Å². The van der Waals surface area contributed by atoms with Gasteiger partial charge in [-0.15, -0.1) is 0 Å². The van der Waals surface area contributed by atoms with E-state index in [1.807, 2.05) is 30.3 Å². The van der Waals surface area contributed by atoms with Gasteiger partial charge in [0, 0.05) is 17.4 Å². The maximum Gasteiger partial charge on any atom is 0.173 e. The molecule has 5 fully saturated rings. The predicted octanol–water partition coefficient (Wildman–Crippen LogP) is 5.88. The first-order valence-electron chi connectivity index (χ1n) is 13.7. The van der Waals surface area contributed by atoms with Crippen molar-refractivity contribution in [3.05, 3.63) is 35.9 Å². The van der Waals surface area contributed by atoms with Gasteiger partial charge in [0.1, 0.15) is 5.78 Å². The van der Waals surface area contributed by atoms with E-state index in [4.69, 9.17) is 9.47 Å². The molecular formula is C30H40O4. The van der Waals surface area contributed by atoms with Gasteiger partial charge in [-0.1, -0.05) is 44.2 Å². The Morgan fingerprint density at radius 2 is 1.68 bits per heavy atom. The summed E-state index contributed by atoms with van der Waals surface area (Å²) in [7, 11) is 0. The zero-order valence-electron chi connectivity index (χ0n) is 21.1. The van der Waals surface area contributed by atoms with Gasteiger partial charge >= 0.3 is 0 Å². The van der Waals surface area contributed by atoms with Gasteiger partial charge in [0.25, 0.3) is 0 Å². The molecule has 0 aromatic heterocycles. The number of ether oxygens (including phenoxy) is 2. The van der Waals surface area contributed by atoms with Crippen molar-refractivity contribution in [3.8, 4) is 0 Å². The molecule has 9 atom stereocenters. The van der Waals surface area contributed by atoms with Crippen LogP contribution < -0.4 is 0 Å². The maximum absolute atomic E-state index is 13.6. The number of carbonyl (C=O) groups is 2. The van der Waals surface area contributed by atoms with Gasteiger partial charge in [-0.2, -0.15) is 0 Å². The van der Waals surface area contributed by atoms with Crippen molar-refractivity contribution in [2.75, 3.05) is 13.2 Å². The smallest absolute Gasteiger partial charge is 0.173 e. The van der Waals surface area contributed by atoms with Crippen LogP contribution in [0.25, 0.3) is 0 Å². The number of hydrogen-bond acceptors (Lipinski definition) is 4. The third-order valence-corrected chi connectivity index (χ3v) is 11.6. The summed E-state index contributed by atoms with van der Waals surface area (Å²) in [5.41, 5.74) is 0.775. The van der Waals surface area contributed by atoms with Crippen LogP contribution in [0.2, 0.25) is 0 Å². The van der Waals surface area contributed by atoms with E-state index in [2.05, 4.69) is 20.8 Å². The second kappa shape index (κ2) is 8.00. The number of hydrogen-bond donors (Lipinski definition) is 0. The van der Waals surface area contributed by atoms with Gasteiger partial charge in [-0.05, 0) is 81.0 Å². The van der Waals surface area contributed by atoms with E-state index in [1.54, 1.807) is 0 Å². The second-order valence-corrected chi connectivity index (χ2v) is 12.5. The molecule has 2 unspecified atom stereocenters. The van der Waals surface area contributed by atoms with Crippen LogP contribution in [0.4, 0.5) is 0 Å². The van der Waals surface area contributed by atoms with Crippen molar-refractivity contribution in [1.82, 2.24) is 0 Å². The number of carbonyl (C=O) groups excluding carboxylic acids is 2. The summed E-state index contributed by atoms with van der Waals surface area (Å²) in [6.07, 6.45) is 8.47. The molecule has 4 heteroatoms. The summed E-state index contributed by atoms with van der Waals surface area (Å²) in [5, 5.41) is 0. The van der Waals surface area contributed by atoms with Gasteiger partial charge in [-0.25, -0.2) is 0 Å². The Labute approximate surface area is 204 Å². The van der Waals surface area contributed by atoms with Crippen molar-refractivity contribution in [3.63, 3.8) is 0 Å². The molecule has 0 radical (unpaired) electrons. The minimum Gasteiger partial charge on any atom is -0.373 e. The molecule has 1 aliphatic heterocycles. The van der Waals surface area contributed by atoms with E-state index in [1.165, 1.54) is 19.3 Å². The average Bonchev–Trinajstić information content (AvgIpc) is 3.14. The van der Waals surface area contributed by atoms with Crippen molar-refractivity contribution < 1.29 is 19.1 Å². The third-order valence-electron chi connectivity index (χ3n) is 11.6. The van der Waals surface area contributed by atoms with E-state index >= 15 is 0 Å². The molecule has 5 aliphatic rings. The van der Waals surface area contributed by atoms with E-state index in [-0.39, 0.29) is 40.0 Å². The Bertz CT molecular complexity index is 973. The lowest BCUT2D eigenvalue weighted by Gasteiger charge is -2.63. The summed E-state index contributed by atoms with van der Waals surface area (Å²) in [6, 6.07) is 9.51. The Hall–Kier alpha value is -1.52. The van der Waals surface area contributed by atoms with Crippen molar-refractivity contribution in [1.29, 1.82) is 0 Å². The molecule has 1 aromatic carbocycles. The van der Waals surface area contributed by atoms with Crippen molar-refractivity contribution in [2.45, 2.75) is 83.8 Å². The third kappa shape index (κ3) is 2.97. The fraction of sp³-hybridized carbons (Fsp3) is 0.733. The molecule has 4 saturated carbocycles. The molecular weight excluding hydrogens is 424 g/mol. The molecule has 1 heterocycles. The standard InChI is InChI=1S/C30H40O4/c1-19-30(34-18-17-33-19)16-12-23-21-9-10-24-26(27(32)20-7-5-4-6-8-20)25(31)13-14-28(24,2)22(21)11-15-29(23,30)3/h4-8,19,21-24,26H,9-18H2,1-3H3/t19?,21-,22+,23+,24+,26?,28-,29+,30+/m1/s1. The molecule has 6 rings (SSSR count). The van der Waals surface area contributed by atoms with Crippen LogP contribution >= 0.6 is 0 Å². The summed E-state index contributed by atoms with van der Waals surface area (Å²) in [4.78, 5) is 26.8. The van der Waals surface area contributed by atoms with E-state index in [9.17, 15) is 9.59 Å². The Morgan fingerprint density at radius 1 is 0.912 bits per heavy atom. The predicted molar refractivity (Wildman–Crippen MR) is 130 cm³/mol. The molecule has 1 spiro atoms. The minimum absolute atomic E-state index is 0.0574. The van der Waals surface area contributed by atoms with Crippen LogP contribution in [0, 0.1) is 40.4 Å². The molecule has 1 saturated heterocycles. The van der Waals surface area contributed by atoms with Gasteiger partial charge in [-0.3, -0.25) is 9.59 Å². The summed E-state index contributed by atoms with van der Waals surface area (Å²) >= 11 is 0. The largest absolute Gasteiger partial charge is 0.373 e. The molecule has 4 aliphatic carbocycles. The second-order valence-electron chi connectivity index (χ2n) is 12.5. The van der Waals surface area contributed by atoms with Gasteiger partial charge in [0.05, 0.1) is 30.8 Å². The van der Waals surface area contributed by atoms with Crippen molar-refractivity contribution in [2.24, 2.45) is 40.4 Å². The van der Waals surface area contributed by atoms with Gasteiger partial charge in [0.2, 0.25) is 0 Å². The summed E-state index contributed by atoms with van der Waals surface area (Å²) < 4.78 is 12.8. The lowest BCUT2D eigenvalue weighted by molar-refractivity contribution is -0.255. The Morgan fingerprint density at radius 3 is 2.44 bits per heavy atom. The minimum atomic E-state index is -0.458. The number of benzene rings is 1. The topological polar surface area (TPSA) is 52.6 Å². The van der Waals surface area contributed by atoms with Gasteiger partial charge < -0.3 is 9.47 Å². The van der Waals surface area contributed by atoms with Gasteiger partial charge in [0.15, 0.2) is 5.78 Å². The van der Waals surface area contributed by atoms with E-state index in [0.29, 0.717) is 43.0 Å². The number of ketones is 2. The summed E-state index contributed by atoms with van der Waals surface area (Å²) in [5.74, 6) is 1.86. The van der Waals surface area contributed by atoms with Crippen LogP contribution in [0.5, 0.6) is 0 Å². The maximum atomic E-state index is 13.6. The highest BCUT2D eigenvalue weighted by Crippen LogP contribution is 2.70. The number of fused-ring (bicyclic) bond motifs is 6. The zero-order valence-corrected chi connectivity index (χ0v) is 21.1. The first-order valence-corrected chi connectivity index (χ1v) is 13.7. The van der Waals surface area contributed by atoms with Crippen LogP contribution in [-0.4, -0.2) is 36.5 Å². The molecule has 0 amide bonds. The van der Waals surface area contributed by atoms with Crippen LogP contribution in [0.3, 0.4) is 0 Å². The number of rotatable bonds is 2. The Kier molecular flexibility index (Phi) is 5.39. The highest BCUT2D eigenvalue weighted by molar-refractivity contribution is 6.11. The normalized spacial score (nSPS) is 48.1. The fourth-order valence-electron chi connectivity index (χ4n) is 9.93. The molecule has 184 valence electrons. The van der Waals surface area contributed by atoms with E-state index in [0.717, 1.165) is 25.7 Å². The average molecular weight is 465 g/mol. The zero-order chi connectivity index (χ0) is 23.7. The lowest BCUT2D eigenvalue weighted by atomic mass is 9.42. The highest BCUT2D eigenvalue weighted by Gasteiger charge is 2.68. The van der Waals surface area contributed by atoms with Crippen molar-refractivity contribution >= 4 is 11.6 Å². The van der Waals surface area contributed by atoms with Crippen LogP contribution in [0.15, 0.2) is 30.3 Å². The monoisotopic (exact) mass is 464 g/mol. The van der Waals surface area contributed by atoms with Crippen LogP contribution in [-0.2, 0) is 14.3 Å². The molecule has 4 nitrogen and oxygen atoms in total. The first kappa shape index (κ1) is 22.9. The fourth-order valence-corrected chi connectivity index (χ4v) is 9.93. The lowest BCUT2D eigenvalue weighted by Crippen LogP contribution is -2.63. The number of Topliss-reactive ketones (excluding diaryl/α,β-unsaturated/α-hetero) is 2. The first-order chi connectivity index (χ1) is 16.3. The van der Waals surface area contributed by atoms with E-state index < -0.39 is 5.92 Å². The Balaban J connectivity index is 1.31. The summed E-state index contributed by atoms with van der Waals surface area (Å²) in [6.45, 7) is 8.57. The molecule has 1 aromatic rings. The molecule has 0 N–H and O–H groups in total. The quantitative estimate of drug-likeness (QED) is 0.405.